The maximum Gasteiger partial charge on any atom is 0.420 e. The van der Waals surface area contributed by atoms with Gasteiger partial charge in [-0.15, -0.1) is 0 Å². The highest BCUT2D eigenvalue weighted by atomic mass is 19.4. The summed E-state index contributed by atoms with van der Waals surface area (Å²) in [6.45, 7) is 15.2. The molecular formula is C43H29F6N3. The van der Waals surface area contributed by atoms with Gasteiger partial charge in [0, 0.05) is 32.7 Å². The van der Waals surface area contributed by atoms with Crippen LogP contribution >= 0.6 is 0 Å². The maximum atomic E-state index is 16.2. The number of hydrogen-bond acceptors (Lipinski definition) is 0. The van der Waals surface area contributed by atoms with Gasteiger partial charge >= 0.3 is 12.4 Å². The highest BCUT2D eigenvalue weighted by Crippen LogP contribution is 2.49. The fourth-order valence-electron chi connectivity index (χ4n) is 7.51. The van der Waals surface area contributed by atoms with Gasteiger partial charge in [-0.1, -0.05) is 52.6 Å². The topological polar surface area (TPSA) is 14.2 Å². The van der Waals surface area contributed by atoms with Crippen LogP contribution in [0.5, 0.6) is 0 Å². The molecule has 9 heteroatoms. The molecule has 0 atom stereocenters. The minimum Gasteiger partial charge on any atom is -0.309 e. The third-order valence-corrected chi connectivity index (χ3v) is 9.74. The van der Waals surface area contributed by atoms with Gasteiger partial charge in [0.05, 0.1) is 40.0 Å². The second-order valence-corrected chi connectivity index (χ2v) is 13.5. The van der Waals surface area contributed by atoms with Gasteiger partial charge in [0.15, 0.2) is 5.69 Å². The zero-order chi connectivity index (χ0) is 36.9. The zero-order valence-electron chi connectivity index (χ0n) is 28.4. The number of alkyl halides is 6. The number of benzene rings is 6. The lowest BCUT2D eigenvalue weighted by molar-refractivity contribution is -0.138. The summed E-state index contributed by atoms with van der Waals surface area (Å²) in [6, 6.07) is 27.6. The lowest BCUT2D eigenvalue weighted by Crippen LogP contribution is -2.17. The van der Waals surface area contributed by atoms with Crippen molar-refractivity contribution in [1.29, 1.82) is 0 Å². The van der Waals surface area contributed by atoms with E-state index in [0.717, 1.165) is 39.1 Å². The first-order valence-corrected chi connectivity index (χ1v) is 16.5. The van der Waals surface area contributed by atoms with Crippen molar-refractivity contribution in [3.05, 3.63) is 148 Å². The first-order chi connectivity index (χ1) is 24.6. The Hall–Kier alpha value is -6.01. The SMILES string of the molecule is [C-]#[N+]c1cc(-c2ccc(-n3c4ccc(C)cc4c4cc(C)ccc43)c(C(F)(F)F)c2-n2c3ccc(C)cc3c3cc(C)ccc32)cc(C(F)(F)F)c1. The zero-order valence-corrected chi connectivity index (χ0v) is 28.4. The molecule has 0 saturated heterocycles. The van der Waals surface area contributed by atoms with Crippen LogP contribution in [0.1, 0.15) is 33.4 Å². The number of rotatable bonds is 3. The van der Waals surface area contributed by atoms with Crippen molar-refractivity contribution < 1.29 is 26.3 Å². The van der Waals surface area contributed by atoms with E-state index in [1.165, 1.54) is 22.8 Å². The van der Waals surface area contributed by atoms with E-state index in [-0.39, 0.29) is 28.2 Å². The molecule has 258 valence electrons. The molecule has 2 heterocycles. The van der Waals surface area contributed by atoms with Crippen LogP contribution < -0.4 is 0 Å². The van der Waals surface area contributed by atoms with E-state index < -0.39 is 23.5 Å². The molecule has 0 saturated carbocycles. The number of fused-ring (bicyclic) bond motifs is 6. The van der Waals surface area contributed by atoms with Crippen molar-refractivity contribution in [3.8, 4) is 22.5 Å². The third kappa shape index (κ3) is 5.20. The Morgan fingerprint density at radius 3 is 1.35 bits per heavy atom. The molecular weight excluding hydrogens is 672 g/mol. The predicted octanol–water partition coefficient (Wildman–Crippen LogP) is 13.4. The summed E-state index contributed by atoms with van der Waals surface area (Å²) < 4.78 is 94.5. The third-order valence-electron chi connectivity index (χ3n) is 9.74. The van der Waals surface area contributed by atoms with Gasteiger partial charge in [-0.25, -0.2) is 4.85 Å². The fourth-order valence-corrected chi connectivity index (χ4v) is 7.51. The molecule has 6 aromatic carbocycles. The van der Waals surface area contributed by atoms with Gasteiger partial charge in [-0.05, 0) is 106 Å². The normalized spacial score (nSPS) is 12.4. The summed E-state index contributed by atoms with van der Waals surface area (Å²) in [4.78, 5) is 3.27. The summed E-state index contributed by atoms with van der Waals surface area (Å²) >= 11 is 0. The van der Waals surface area contributed by atoms with Gasteiger partial charge in [-0.3, -0.25) is 0 Å². The molecule has 2 aromatic heterocycles. The monoisotopic (exact) mass is 701 g/mol. The highest BCUT2D eigenvalue weighted by Gasteiger charge is 2.41. The minimum absolute atomic E-state index is 0.0977. The minimum atomic E-state index is -5.00. The second kappa shape index (κ2) is 11.5. The first-order valence-electron chi connectivity index (χ1n) is 16.5. The van der Waals surface area contributed by atoms with Gasteiger partial charge < -0.3 is 9.13 Å². The van der Waals surface area contributed by atoms with Crippen molar-refractivity contribution in [1.82, 2.24) is 9.13 Å². The molecule has 0 fully saturated rings. The van der Waals surface area contributed by atoms with Gasteiger partial charge in [0.1, 0.15) is 5.56 Å². The van der Waals surface area contributed by atoms with E-state index in [1.807, 2.05) is 64.1 Å². The van der Waals surface area contributed by atoms with E-state index in [4.69, 9.17) is 6.57 Å². The maximum absolute atomic E-state index is 16.2. The molecule has 0 aliphatic rings. The van der Waals surface area contributed by atoms with Crippen LogP contribution in [0.4, 0.5) is 32.0 Å². The Labute approximate surface area is 294 Å². The number of halogens is 6. The van der Waals surface area contributed by atoms with Crippen molar-refractivity contribution in [3.63, 3.8) is 0 Å². The lowest BCUT2D eigenvalue weighted by atomic mass is 9.95. The number of aromatic nitrogens is 2. The molecule has 0 bridgehead atoms. The van der Waals surface area contributed by atoms with Crippen LogP contribution in [-0.4, -0.2) is 9.13 Å². The van der Waals surface area contributed by atoms with Crippen LogP contribution in [-0.2, 0) is 12.4 Å². The number of hydrogen-bond donors (Lipinski definition) is 0. The Kier molecular flexibility index (Phi) is 7.33. The van der Waals surface area contributed by atoms with E-state index >= 15 is 13.2 Å². The Bertz CT molecular complexity index is 2710. The molecule has 0 aliphatic heterocycles. The molecule has 0 radical (unpaired) electrons. The molecule has 3 nitrogen and oxygen atoms in total. The van der Waals surface area contributed by atoms with Crippen LogP contribution in [0.25, 0.3) is 71.0 Å². The molecule has 0 N–H and O–H groups in total. The summed E-state index contributed by atoms with van der Waals surface area (Å²) in [5.41, 5.74) is 2.46. The molecule has 0 aliphatic carbocycles. The van der Waals surface area contributed by atoms with Crippen LogP contribution in [0.3, 0.4) is 0 Å². The number of nitrogens with zero attached hydrogens (tertiary/aromatic N) is 3. The van der Waals surface area contributed by atoms with Gasteiger partial charge in [-0.2, -0.15) is 26.3 Å². The van der Waals surface area contributed by atoms with Crippen molar-refractivity contribution in [2.24, 2.45) is 0 Å². The van der Waals surface area contributed by atoms with Crippen molar-refractivity contribution >= 4 is 49.3 Å². The smallest absolute Gasteiger partial charge is 0.309 e. The fraction of sp³-hybridized carbons (Fsp3) is 0.140. The summed E-state index contributed by atoms with van der Waals surface area (Å²) in [5.74, 6) is 0. The lowest BCUT2D eigenvalue weighted by Gasteiger charge is -2.25. The molecule has 0 amide bonds. The standard InChI is InChI=1S/C43H29F6N3/c1-23-6-11-35-31(16-23)32-17-24(2)7-12-36(32)51(35)39-15-10-30(27-20-28(42(44,45)46)22-29(21-27)50-5)41(40(39)43(47,48)49)52-37-13-8-25(3)18-33(37)34-19-26(4)9-14-38(34)52/h6-22H,1-4H3. The van der Waals surface area contributed by atoms with Crippen LogP contribution in [0.2, 0.25) is 0 Å². The van der Waals surface area contributed by atoms with E-state index in [1.54, 1.807) is 41.0 Å². The average Bonchev–Trinajstić information content (AvgIpc) is 3.57. The van der Waals surface area contributed by atoms with Crippen LogP contribution in [0.15, 0.2) is 103 Å². The largest absolute Gasteiger partial charge is 0.420 e. The average molecular weight is 702 g/mol. The molecule has 52 heavy (non-hydrogen) atoms. The first kappa shape index (κ1) is 33.2. The van der Waals surface area contributed by atoms with Crippen LogP contribution in [0, 0.1) is 34.3 Å². The second-order valence-electron chi connectivity index (χ2n) is 13.5. The Morgan fingerprint density at radius 2 is 0.942 bits per heavy atom. The Morgan fingerprint density at radius 1 is 0.500 bits per heavy atom. The van der Waals surface area contributed by atoms with Gasteiger partial charge in [0.2, 0.25) is 0 Å². The molecule has 0 spiro atoms. The number of aryl methyl sites for hydroxylation is 4. The molecule has 8 rings (SSSR count). The van der Waals surface area contributed by atoms with Crippen molar-refractivity contribution in [2.75, 3.05) is 0 Å². The van der Waals surface area contributed by atoms with E-state index in [2.05, 4.69) is 4.85 Å². The van der Waals surface area contributed by atoms with E-state index in [9.17, 15) is 13.2 Å². The summed E-state index contributed by atoms with van der Waals surface area (Å²) in [7, 11) is 0. The Balaban J connectivity index is 1.62. The van der Waals surface area contributed by atoms with E-state index in [0.29, 0.717) is 38.9 Å². The molecule has 0 unspecified atom stereocenters. The van der Waals surface area contributed by atoms with Crippen molar-refractivity contribution in [2.45, 2.75) is 40.0 Å². The molecule has 8 aromatic rings. The predicted molar refractivity (Wildman–Crippen MR) is 196 cm³/mol. The summed E-state index contributed by atoms with van der Waals surface area (Å²) in [6.07, 6.45) is -9.84. The summed E-state index contributed by atoms with van der Waals surface area (Å²) in [5, 5.41) is 2.97. The highest BCUT2D eigenvalue weighted by molar-refractivity contribution is 6.12. The quantitative estimate of drug-likeness (QED) is 0.129. The van der Waals surface area contributed by atoms with Gasteiger partial charge in [0.25, 0.3) is 0 Å².